The van der Waals surface area contributed by atoms with Gasteiger partial charge in [0.05, 0.1) is 4.90 Å². The number of benzene rings is 1. The van der Waals surface area contributed by atoms with Gasteiger partial charge >= 0.3 is 0 Å². The van der Waals surface area contributed by atoms with E-state index in [0.717, 1.165) is 5.75 Å². The van der Waals surface area contributed by atoms with Crippen LogP contribution in [-0.2, 0) is 10.0 Å². The summed E-state index contributed by atoms with van der Waals surface area (Å²) < 4.78 is 26.4. The molecule has 0 bridgehead atoms. The first-order chi connectivity index (χ1) is 9.47. The number of rotatable bonds is 9. The number of ketones is 1. The fourth-order valence-electron chi connectivity index (χ4n) is 1.47. The maximum atomic E-state index is 12.0. The van der Waals surface area contributed by atoms with Crippen LogP contribution >= 0.6 is 11.8 Å². The van der Waals surface area contributed by atoms with Gasteiger partial charge in [0.2, 0.25) is 10.0 Å². The summed E-state index contributed by atoms with van der Waals surface area (Å²) in [6.45, 7) is 1.93. The highest BCUT2D eigenvalue weighted by molar-refractivity contribution is 7.99. The van der Waals surface area contributed by atoms with Crippen LogP contribution in [0.5, 0.6) is 0 Å². The third-order valence-corrected chi connectivity index (χ3v) is 5.10. The summed E-state index contributed by atoms with van der Waals surface area (Å²) in [4.78, 5) is 11.3. The van der Waals surface area contributed by atoms with Crippen molar-refractivity contribution in [1.29, 1.82) is 0 Å². The molecule has 0 saturated heterocycles. The van der Waals surface area contributed by atoms with E-state index in [4.69, 9.17) is 5.11 Å². The highest BCUT2D eigenvalue weighted by atomic mass is 32.2. The maximum absolute atomic E-state index is 12.0. The zero-order chi connectivity index (χ0) is 15.0. The van der Waals surface area contributed by atoms with Crippen molar-refractivity contribution in [2.45, 2.75) is 18.2 Å². The highest BCUT2D eigenvalue weighted by Gasteiger charge is 2.13. The van der Waals surface area contributed by atoms with E-state index in [0.29, 0.717) is 24.3 Å². The fourth-order valence-corrected chi connectivity index (χ4v) is 3.41. The second-order valence-electron chi connectivity index (χ2n) is 4.17. The minimum Gasteiger partial charge on any atom is -0.396 e. The number of nitrogens with one attached hydrogen (secondary N) is 1. The first-order valence-corrected chi connectivity index (χ1v) is 8.90. The Morgan fingerprint density at radius 2 is 1.90 bits per heavy atom. The van der Waals surface area contributed by atoms with Crippen molar-refractivity contribution in [2.24, 2.45) is 0 Å². The Balaban J connectivity index is 2.49. The molecule has 0 aliphatic carbocycles. The van der Waals surface area contributed by atoms with Crippen LogP contribution in [-0.4, -0.2) is 44.0 Å². The molecule has 0 aromatic heterocycles. The van der Waals surface area contributed by atoms with E-state index in [1.165, 1.54) is 31.2 Å². The molecule has 1 rings (SSSR count). The zero-order valence-electron chi connectivity index (χ0n) is 11.3. The topological polar surface area (TPSA) is 83.5 Å². The van der Waals surface area contributed by atoms with Gasteiger partial charge in [-0.25, -0.2) is 13.1 Å². The lowest BCUT2D eigenvalue weighted by molar-refractivity contribution is 0.101. The van der Waals surface area contributed by atoms with Gasteiger partial charge in [0.25, 0.3) is 0 Å². The van der Waals surface area contributed by atoms with Gasteiger partial charge in [-0.2, -0.15) is 11.8 Å². The number of carbonyl (C=O) groups is 1. The Morgan fingerprint density at radius 3 is 2.45 bits per heavy atom. The van der Waals surface area contributed by atoms with E-state index in [2.05, 4.69) is 4.72 Å². The lowest BCUT2D eigenvalue weighted by Crippen LogP contribution is -2.26. The predicted octanol–water partition coefficient (Wildman–Crippen LogP) is 1.28. The lowest BCUT2D eigenvalue weighted by atomic mass is 10.2. The first kappa shape index (κ1) is 17.2. The van der Waals surface area contributed by atoms with E-state index in [-0.39, 0.29) is 17.3 Å². The Labute approximate surface area is 123 Å². The zero-order valence-corrected chi connectivity index (χ0v) is 13.0. The molecule has 0 amide bonds. The number of aliphatic hydroxyl groups excluding tert-OH is 1. The molecule has 1 aromatic rings. The van der Waals surface area contributed by atoms with Gasteiger partial charge in [0.15, 0.2) is 5.78 Å². The molecule has 0 aliphatic heterocycles. The monoisotopic (exact) mass is 317 g/mol. The SMILES string of the molecule is CC(=O)c1ccc(S(=O)(=O)NCCSCCCO)cc1. The molecule has 0 spiro atoms. The van der Waals surface area contributed by atoms with Crippen molar-refractivity contribution in [3.8, 4) is 0 Å². The van der Waals surface area contributed by atoms with E-state index in [1.54, 1.807) is 11.8 Å². The van der Waals surface area contributed by atoms with Crippen molar-refractivity contribution in [3.63, 3.8) is 0 Å². The lowest BCUT2D eigenvalue weighted by Gasteiger charge is -2.07. The summed E-state index contributed by atoms with van der Waals surface area (Å²) in [5.74, 6) is 1.37. The summed E-state index contributed by atoms with van der Waals surface area (Å²) in [5, 5.41) is 8.61. The number of aliphatic hydroxyl groups is 1. The van der Waals surface area contributed by atoms with Gasteiger partial charge in [-0.15, -0.1) is 0 Å². The van der Waals surface area contributed by atoms with Crippen molar-refractivity contribution >= 4 is 27.6 Å². The Morgan fingerprint density at radius 1 is 1.25 bits per heavy atom. The van der Waals surface area contributed by atoms with Crippen LogP contribution < -0.4 is 4.72 Å². The van der Waals surface area contributed by atoms with Crippen LogP contribution in [0.15, 0.2) is 29.2 Å². The molecule has 112 valence electrons. The normalized spacial score (nSPS) is 11.5. The highest BCUT2D eigenvalue weighted by Crippen LogP contribution is 2.11. The summed E-state index contributed by atoms with van der Waals surface area (Å²) in [6, 6.07) is 5.87. The van der Waals surface area contributed by atoms with Gasteiger partial charge in [-0.1, -0.05) is 12.1 Å². The van der Waals surface area contributed by atoms with Crippen LogP contribution in [0, 0.1) is 0 Å². The molecule has 0 fully saturated rings. The Bertz CT molecular complexity index is 526. The maximum Gasteiger partial charge on any atom is 0.240 e. The van der Waals surface area contributed by atoms with Crippen LogP contribution in [0.1, 0.15) is 23.7 Å². The van der Waals surface area contributed by atoms with E-state index in [1.807, 2.05) is 0 Å². The Kier molecular flexibility index (Phi) is 7.22. The third kappa shape index (κ3) is 5.62. The standard InChI is InChI=1S/C13H19NO4S2/c1-11(16)12-3-5-13(6-4-12)20(17,18)14-7-10-19-9-2-8-15/h3-6,14-15H,2,7-10H2,1H3. The summed E-state index contributed by atoms with van der Waals surface area (Å²) in [6.07, 6.45) is 0.712. The minimum absolute atomic E-state index is 0.0952. The molecule has 2 N–H and O–H groups in total. The second kappa shape index (κ2) is 8.41. The van der Waals surface area contributed by atoms with Crippen molar-refractivity contribution < 1.29 is 18.3 Å². The molecule has 0 atom stereocenters. The first-order valence-electron chi connectivity index (χ1n) is 6.26. The molecular formula is C13H19NO4S2. The summed E-state index contributed by atoms with van der Waals surface area (Å²) in [5.41, 5.74) is 0.489. The van der Waals surface area contributed by atoms with Crippen molar-refractivity contribution in [2.75, 3.05) is 24.7 Å². The Hall–Kier alpha value is -0.890. The van der Waals surface area contributed by atoms with Gasteiger partial charge < -0.3 is 5.11 Å². The van der Waals surface area contributed by atoms with Crippen LogP contribution in [0.4, 0.5) is 0 Å². The molecule has 0 aliphatic rings. The molecule has 0 radical (unpaired) electrons. The molecular weight excluding hydrogens is 298 g/mol. The molecule has 0 heterocycles. The largest absolute Gasteiger partial charge is 0.396 e. The minimum atomic E-state index is -3.52. The van der Waals surface area contributed by atoms with E-state index < -0.39 is 10.0 Å². The van der Waals surface area contributed by atoms with E-state index >= 15 is 0 Å². The van der Waals surface area contributed by atoms with Crippen molar-refractivity contribution in [3.05, 3.63) is 29.8 Å². The number of carbonyl (C=O) groups excluding carboxylic acids is 1. The second-order valence-corrected chi connectivity index (χ2v) is 7.16. The van der Waals surface area contributed by atoms with Crippen LogP contribution in [0.3, 0.4) is 0 Å². The molecule has 7 heteroatoms. The average molecular weight is 317 g/mol. The quantitative estimate of drug-likeness (QED) is 0.529. The van der Waals surface area contributed by atoms with Gasteiger partial charge in [-0.3, -0.25) is 4.79 Å². The third-order valence-electron chi connectivity index (χ3n) is 2.56. The number of Topliss-reactive ketones (excluding diaryl/α,β-unsaturated/α-hetero) is 1. The van der Waals surface area contributed by atoms with Gasteiger partial charge in [0, 0.05) is 24.5 Å². The fraction of sp³-hybridized carbons (Fsp3) is 0.462. The number of sulfonamides is 1. The molecule has 1 aromatic carbocycles. The average Bonchev–Trinajstić information content (AvgIpc) is 2.43. The van der Waals surface area contributed by atoms with Crippen LogP contribution in [0.25, 0.3) is 0 Å². The van der Waals surface area contributed by atoms with Gasteiger partial charge in [-0.05, 0) is 31.2 Å². The molecule has 20 heavy (non-hydrogen) atoms. The van der Waals surface area contributed by atoms with Gasteiger partial charge in [0.1, 0.15) is 0 Å². The summed E-state index contributed by atoms with van der Waals surface area (Å²) >= 11 is 1.59. The molecule has 0 saturated carbocycles. The van der Waals surface area contributed by atoms with Crippen LogP contribution in [0.2, 0.25) is 0 Å². The van der Waals surface area contributed by atoms with Crippen molar-refractivity contribution in [1.82, 2.24) is 4.72 Å². The molecule has 5 nitrogen and oxygen atoms in total. The van der Waals surface area contributed by atoms with E-state index in [9.17, 15) is 13.2 Å². The smallest absolute Gasteiger partial charge is 0.240 e. The predicted molar refractivity (Wildman–Crippen MR) is 80.7 cm³/mol. The number of thioether (sulfide) groups is 1. The molecule has 0 unspecified atom stereocenters. The number of hydrogen-bond acceptors (Lipinski definition) is 5. The summed E-state index contributed by atoms with van der Waals surface area (Å²) in [7, 11) is -3.52. The number of hydrogen-bond donors (Lipinski definition) is 2.